The topological polar surface area (TPSA) is 46.3 Å². The van der Waals surface area contributed by atoms with Gasteiger partial charge in [0.15, 0.2) is 0 Å². The summed E-state index contributed by atoms with van der Waals surface area (Å²) in [5.74, 6) is 1.66. The van der Waals surface area contributed by atoms with Gasteiger partial charge in [-0.2, -0.15) is 0 Å². The molecule has 0 bridgehead atoms. The number of hydrogen-bond acceptors (Lipinski definition) is 2. The van der Waals surface area contributed by atoms with E-state index in [9.17, 15) is 4.79 Å². The van der Waals surface area contributed by atoms with E-state index in [1.54, 1.807) is 0 Å². The summed E-state index contributed by atoms with van der Waals surface area (Å²) in [6.07, 6.45) is 4.41. The zero-order chi connectivity index (χ0) is 12.1. The number of carbonyl (C=O) groups is 1. The predicted molar refractivity (Wildman–Crippen MR) is 67.0 cm³/mol. The largest absolute Gasteiger partial charge is 0.345 e. The maximum Gasteiger partial charge on any atom is 0.225 e. The summed E-state index contributed by atoms with van der Waals surface area (Å²) in [7, 11) is 1.92. The van der Waals surface area contributed by atoms with Crippen molar-refractivity contribution in [2.75, 3.05) is 20.1 Å². The third-order valence-corrected chi connectivity index (χ3v) is 3.48. The van der Waals surface area contributed by atoms with Gasteiger partial charge in [0, 0.05) is 19.5 Å². The highest BCUT2D eigenvalue weighted by Gasteiger charge is 2.28. The third-order valence-electron chi connectivity index (χ3n) is 3.48. The van der Waals surface area contributed by atoms with Crippen LogP contribution in [0.25, 0.3) is 0 Å². The average Bonchev–Trinajstić information content (AvgIpc) is 2.27. The van der Waals surface area contributed by atoms with Crippen molar-refractivity contribution in [2.24, 2.45) is 23.5 Å². The van der Waals surface area contributed by atoms with E-state index in [0.717, 1.165) is 32.4 Å². The minimum absolute atomic E-state index is 0.228. The minimum atomic E-state index is 0.228. The van der Waals surface area contributed by atoms with Gasteiger partial charge in [0.2, 0.25) is 5.91 Å². The highest BCUT2D eigenvalue weighted by atomic mass is 16.2. The molecule has 0 spiro atoms. The van der Waals surface area contributed by atoms with Crippen LogP contribution in [0.5, 0.6) is 0 Å². The normalized spacial score (nSPS) is 25.8. The molecule has 3 heteroatoms. The Labute approximate surface area is 99.4 Å². The molecule has 0 aromatic carbocycles. The predicted octanol–water partition coefficient (Wildman–Crippen LogP) is 1.87. The maximum absolute atomic E-state index is 12.2. The van der Waals surface area contributed by atoms with Crippen molar-refractivity contribution in [1.82, 2.24) is 4.90 Å². The Kier molecular flexibility index (Phi) is 5.26. The second-order valence-corrected chi connectivity index (χ2v) is 5.58. The van der Waals surface area contributed by atoms with Gasteiger partial charge in [-0.05, 0) is 37.6 Å². The molecule has 2 atom stereocenters. The van der Waals surface area contributed by atoms with Gasteiger partial charge in [-0.3, -0.25) is 4.79 Å². The molecule has 16 heavy (non-hydrogen) atoms. The lowest BCUT2D eigenvalue weighted by atomic mass is 9.81. The molecule has 94 valence electrons. The average molecular weight is 226 g/mol. The van der Waals surface area contributed by atoms with Crippen molar-refractivity contribution < 1.29 is 4.79 Å². The maximum atomic E-state index is 12.2. The summed E-state index contributed by atoms with van der Waals surface area (Å²) < 4.78 is 0. The van der Waals surface area contributed by atoms with Gasteiger partial charge in [0.05, 0.1) is 0 Å². The first-order chi connectivity index (χ1) is 7.54. The molecule has 1 rings (SSSR count). The van der Waals surface area contributed by atoms with E-state index in [1.807, 2.05) is 11.9 Å². The van der Waals surface area contributed by atoms with Crippen LogP contribution in [0.4, 0.5) is 0 Å². The van der Waals surface area contributed by atoms with Crippen LogP contribution in [0.2, 0.25) is 0 Å². The molecule has 0 aliphatic heterocycles. The van der Waals surface area contributed by atoms with E-state index >= 15 is 0 Å². The van der Waals surface area contributed by atoms with Gasteiger partial charge >= 0.3 is 0 Å². The van der Waals surface area contributed by atoms with Gasteiger partial charge in [-0.25, -0.2) is 0 Å². The fourth-order valence-electron chi connectivity index (χ4n) is 2.68. The van der Waals surface area contributed by atoms with Crippen LogP contribution in [0.3, 0.4) is 0 Å². The molecule has 0 heterocycles. The van der Waals surface area contributed by atoms with Crippen molar-refractivity contribution in [2.45, 2.75) is 39.5 Å². The van der Waals surface area contributed by atoms with Crippen LogP contribution < -0.4 is 5.73 Å². The van der Waals surface area contributed by atoms with Gasteiger partial charge in [0.25, 0.3) is 0 Å². The smallest absolute Gasteiger partial charge is 0.225 e. The third kappa shape index (κ3) is 3.78. The first-order valence-corrected chi connectivity index (χ1v) is 6.49. The summed E-state index contributed by atoms with van der Waals surface area (Å²) in [4.78, 5) is 14.1. The van der Waals surface area contributed by atoms with Crippen molar-refractivity contribution in [3.05, 3.63) is 0 Å². The van der Waals surface area contributed by atoms with E-state index < -0.39 is 0 Å². The Bertz CT molecular complexity index is 228. The van der Waals surface area contributed by atoms with Gasteiger partial charge < -0.3 is 10.6 Å². The zero-order valence-corrected chi connectivity index (χ0v) is 10.9. The fraction of sp³-hybridized carbons (Fsp3) is 0.923. The van der Waals surface area contributed by atoms with Crippen molar-refractivity contribution in [3.63, 3.8) is 0 Å². The minimum Gasteiger partial charge on any atom is -0.345 e. The highest BCUT2D eigenvalue weighted by Crippen LogP contribution is 2.29. The summed E-state index contributed by atoms with van der Waals surface area (Å²) in [5, 5.41) is 0. The number of nitrogens with two attached hydrogens (primary N) is 1. The Hall–Kier alpha value is -0.570. The standard InChI is InChI=1S/C13H26N2O/c1-10(2)9-15(3)13(16)12-6-4-5-11(7-12)8-14/h10-12H,4-9,14H2,1-3H3. The lowest BCUT2D eigenvalue weighted by molar-refractivity contribution is -0.136. The molecule has 2 N–H and O–H groups in total. The number of rotatable bonds is 4. The van der Waals surface area contributed by atoms with Crippen LogP contribution in [-0.2, 0) is 4.79 Å². The summed E-state index contributed by atoms with van der Waals surface area (Å²) in [6.45, 7) is 5.89. The Balaban J connectivity index is 2.46. The van der Waals surface area contributed by atoms with Crippen molar-refractivity contribution in [1.29, 1.82) is 0 Å². The molecule has 0 radical (unpaired) electrons. The first-order valence-electron chi connectivity index (χ1n) is 6.49. The van der Waals surface area contributed by atoms with Gasteiger partial charge in [0.1, 0.15) is 0 Å². The lowest BCUT2D eigenvalue weighted by Gasteiger charge is -2.31. The summed E-state index contributed by atoms with van der Waals surface area (Å²) >= 11 is 0. The quantitative estimate of drug-likeness (QED) is 0.795. The van der Waals surface area contributed by atoms with Crippen LogP contribution in [0, 0.1) is 17.8 Å². The molecular weight excluding hydrogens is 200 g/mol. The van der Waals surface area contributed by atoms with Crippen LogP contribution in [-0.4, -0.2) is 30.9 Å². The summed E-state index contributed by atoms with van der Waals surface area (Å²) in [5.41, 5.74) is 5.70. The molecule has 1 fully saturated rings. The second kappa shape index (κ2) is 6.24. The first kappa shape index (κ1) is 13.5. The molecule has 3 nitrogen and oxygen atoms in total. The molecular formula is C13H26N2O. The van der Waals surface area contributed by atoms with Crippen molar-refractivity contribution in [3.8, 4) is 0 Å². The number of nitrogens with zero attached hydrogens (tertiary/aromatic N) is 1. The molecule has 0 aromatic rings. The SMILES string of the molecule is CC(C)CN(C)C(=O)C1CCCC(CN)C1. The van der Waals surface area contributed by atoms with Gasteiger partial charge in [-0.1, -0.05) is 20.3 Å². The van der Waals surface area contributed by atoms with E-state index in [1.165, 1.54) is 6.42 Å². The number of hydrogen-bond donors (Lipinski definition) is 1. The molecule has 1 aliphatic rings. The number of amides is 1. The van der Waals surface area contributed by atoms with E-state index in [4.69, 9.17) is 5.73 Å². The van der Waals surface area contributed by atoms with E-state index in [2.05, 4.69) is 13.8 Å². The number of carbonyl (C=O) groups excluding carboxylic acids is 1. The van der Waals surface area contributed by atoms with E-state index in [0.29, 0.717) is 17.7 Å². The van der Waals surface area contributed by atoms with Crippen LogP contribution in [0.15, 0.2) is 0 Å². The Morgan fingerprint density at radius 3 is 2.69 bits per heavy atom. The molecule has 2 unspecified atom stereocenters. The van der Waals surface area contributed by atoms with Crippen LogP contribution >= 0.6 is 0 Å². The molecule has 1 aliphatic carbocycles. The van der Waals surface area contributed by atoms with Gasteiger partial charge in [-0.15, -0.1) is 0 Å². The Morgan fingerprint density at radius 1 is 1.44 bits per heavy atom. The fourth-order valence-corrected chi connectivity index (χ4v) is 2.68. The molecule has 1 saturated carbocycles. The lowest BCUT2D eigenvalue weighted by Crippen LogP contribution is -2.38. The van der Waals surface area contributed by atoms with E-state index in [-0.39, 0.29) is 5.92 Å². The summed E-state index contributed by atoms with van der Waals surface area (Å²) in [6, 6.07) is 0. The monoisotopic (exact) mass is 226 g/mol. The Morgan fingerprint density at radius 2 is 2.12 bits per heavy atom. The molecule has 1 amide bonds. The van der Waals surface area contributed by atoms with Crippen molar-refractivity contribution >= 4 is 5.91 Å². The zero-order valence-electron chi connectivity index (χ0n) is 10.9. The molecule has 0 aromatic heterocycles. The molecule has 0 saturated heterocycles. The van der Waals surface area contributed by atoms with Crippen LogP contribution in [0.1, 0.15) is 39.5 Å². The highest BCUT2D eigenvalue weighted by molar-refractivity contribution is 5.78. The second-order valence-electron chi connectivity index (χ2n) is 5.58.